The zero-order valence-corrected chi connectivity index (χ0v) is 15.0. The zero-order chi connectivity index (χ0) is 19.3. The van der Waals surface area contributed by atoms with Gasteiger partial charge in [0.25, 0.3) is 5.91 Å². The van der Waals surface area contributed by atoms with Gasteiger partial charge in [0.15, 0.2) is 5.82 Å². The lowest BCUT2D eigenvalue weighted by molar-refractivity contribution is 0.0941. The Morgan fingerprint density at radius 3 is 2.50 bits per heavy atom. The molecule has 0 bridgehead atoms. The lowest BCUT2D eigenvalue weighted by Crippen LogP contribution is -2.44. The van der Waals surface area contributed by atoms with E-state index in [1.54, 1.807) is 47.5 Å². The second-order valence-corrected chi connectivity index (χ2v) is 7.14. The predicted molar refractivity (Wildman–Crippen MR) is 92.3 cm³/mol. The number of amides is 1. The van der Waals surface area contributed by atoms with Gasteiger partial charge < -0.3 is 4.74 Å². The largest absolute Gasteiger partial charge is 0.448 e. The standard InChI is InChI=1S/C16H14ClFN2O5S/c1-10-7-12(14(18)13(17)8-10)15(21)19-20-26(23,24)16(22)25-9-11-5-3-2-4-6-11/h2-8,20H,9H2,1H3,(H,19,21). The summed E-state index contributed by atoms with van der Waals surface area (Å²) >= 11 is 5.64. The molecule has 10 heteroatoms. The number of rotatable bonds is 5. The molecule has 138 valence electrons. The number of aryl methyl sites for hydroxylation is 1. The van der Waals surface area contributed by atoms with Gasteiger partial charge in [-0.25, -0.2) is 9.18 Å². The van der Waals surface area contributed by atoms with E-state index in [0.717, 1.165) is 0 Å². The van der Waals surface area contributed by atoms with Gasteiger partial charge in [-0.3, -0.25) is 10.2 Å². The summed E-state index contributed by atoms with van der Waals surface area (Å²) in [6.45, 7) is 1.31. The summed E-state index contributed by atoms with van der Waals surface area (Å²) in [6, 6.07) is 10.9. The molecule has 7 nitrogen and oxygen atoms in total. The Morgan fingerprint density at radius 1 is 1.19 bits per heavy atom. The van der Waals surface area contributed by atoms with Gasteiger partial charge >= 0.3 is 15.3 Å². The van der Waals surface area contributed by atoms with Crippen LogP contribution in [0.5, 0.6) is 0 Å². The van der Waals surface area contributed by atoms with Gasteiger partial charge in [0.1, 0.15) is 6.61 Å². The summed E-state index contributed by atoms with van der Waals surface area (Å²) in [4.78, 5) is 25.1. The average molecular weight is 401 g/mol. The van der Waals surface area contributed by atoms with Gasteiger partial charge in [-0.15, -0.1) is 4.83 Å². The Hall–Kier alpha value is -2.49. The van der Waals surface area contributed by atoms with Gasteiger partial charge in [0, 0.05) is 0 Å². The fraction of sp³-hybridized carbons (Fsp3) is 0.125. The molecule has 0 atom stereocenters. The molecule has 0 unspecified atom stereocenters. The van der Waals surface area contributed by atoms with E-state index in [-0.39, 0.29) is 11.6 Å². The van der Waals surface area contributed by atoms with Crippen LogP contribution in [0.25, 0.3) is 0 Å². The third-order valence-electron chi connectivity index (χ3n) is 3.14. The van der Waals surface area contributed by atoms with Crippen molar-refractivity contribution in [3.05, 3.63) is 70.0 Å². The molecule has 0 radical (unpaired) electrons. The Labute approximate surface area is 154 Å². The monoisotopic (exact) mass is 400 g/mol. The van der Waals surface area contributed by atoms with Crippen LogP contribution in [0.2, 0.25) is 5.02 Å². The summed E-state index contributed by atoms with van der Waals surface area (Å²) < 4.78 is 42.1. The summed E-state index contributed by atoms with van der Waals surface area (Å²) in [6.07, 6.45) is 0. The maximum absolute atomic E-state index is 13.9. The van der Waals surface area contributed by atoms with Crippen molar-refractivity contribution >= 4 is 32.8 Å². The molecular weight excluding hydrogens is 387 g/mol. The molecular formula is C16H14ClFN2O5S. The zero-order valence-electron chi connectivity index (χ0n) is 13.5. The van der Waals surface area contributed by atoms with Gasteiger partial charge in [-0.2, -0.15) is 8.42 Å². The van der Waals surface area contributed by atoms with Gasteiger partial charge in [0.05, 0.1) is 10.6 Å². The molecule has 1 amide bonds. The van der Waals surface area contributed by atoms with Crippen molar-refractivity contribution in [3.63, 3.8) is 0 Å². The highest BCUT2D eigenvalue weighted by Crippen LogP contribution is 2.20. The minimum Gasteiger partial charge on any atom is -0.448 e. The van der Waals surface area contributed by atoms with Crippen molar-refractivity contribution in [1.82, 2.24) is 10.3 Å². The molecule has 0 aromatic heterocycles. The van der Waals surface area contributed by atoms with E-state index in [9.17, 15) is 22.4 Å². The Bertz CT molecular complexity index is 935. The van der Waals surface area contributed by atoms with E-state index < -0.39 is 32.6 Å². The number of carbonyl (C=O) groups is 2. The van der Waals surface area contributed by atoms with E-state index >= 15 is 0 Å². The van der Waals surface area contributed by atoms with E-state index in [4.69, 9.17) is 11.6 Å². The van der Waals surface area contributed by atoms with Crippen LogP contribution in [0, 0.1) is 12.7 Å². The number of sulfonamides is 1. The lowest BCUT2D eigenvalue weighted by Gasteiger charge is -2.10. The average Bonchev–Trinajstić information content (AvgIpc) is 2.61. The molecule has 0 saturated heterocycles. The topological polar surface area (TPSA) is 102 Å². The Morgan fingerprint density at radius 2 is 1.85 bits per heavy atom. The van der Waals surface area contributed by atoms with Crippen LogP contribution in [-0.2, 0) is 21.4 Å². The van der Waals surface area contributed by atoms with Crippen molar-refractivity contribution in [2.45, 2.75) is 13.5 Å². The highest BCUT2D eigenvalue weighted by atomic mass is 35.5. The number of hydrogen-bond donors (Lipinski definition) is 2. The molecule has 2 aromatic rings. The van der Waals surface area contributed by atoms with Crippen LogP contribution in [-0.4, -0.2) is 19.6 Å². The molecule has 26 heavy (non-hydrogen) atoms. The number of halogens is 2. The minimum atomic E-state index is -4.67. The fourth-order valence-electron chi connectivity index (χ4n) is 1.91. The SMILES string of the molecule is Cc1cc(Cl)c(F)c(C(=O)NNS(=O)(=O)C(=O)OCc2ccccc2)c1. The number of nitrogens with one attached hydrogen (secondary N) is 2. The van der Waals surface area contributed by atoms with Crippen molar-refractivity contribution in [2.75, 3.05) is 0 Å². The molecule has 0 saturated carbocycles. The number of hydrazine groups is 1. The molecule has 0 aliphatic rings. The van der Waals surface area contributed by atoms with E-state index in [1.807, 2.05) is 0 Å². The van der Waals surface area contributed by atoms with Crippen LogP contribution in [0.4, 0.5) is 9.18 Å². The number of benzene rings is 2. The number of carbonyl (C=O) groups excluding carboxylic acids is 2. The van der Waals surface area contributed by atoms with Crippen molar-refractivity contribution in [2.24, 2.45) is 0 Å². The van der Waals surface area contributed by atoms with E-state index in [2.05, 4.69) is 4.74 Å². The van der Waals surface area contributed by atoms with Crippen LogP contribution < -0.4 is 10.3 Å². The first-order valence-corrected chi connectivity index (χ1v) is 9.05. The first kappa shape index (κ1) is 19.8. The normalized spacial score (nSPS) is 11.0. The highest BCUT2D eigenvalue weighted by Gasteiger charge is 2.25. The maximum atomic E-state index is 13.9. The first-order valence-electron chi connectivity index (χ1n) is 7.19. The van der Waals surface area contributed by atoms with Crippen LogP contribution in [0.1, 0.15) is 21.5 Å². The van der Waals surface area contributed by atoms with Crippen LogP contribution in [0.3, 0.4) is 0 Å². The summed E-state index contributed by atoms with van der Waals surface area (Å²) in [5.74, 6) is -2.13. The lowest BCUT2D eigenvalue weighted by atomic mass is 10.1. The minimum absolute atomic E-state index is 0.267. The second kappa shape index (κ2) is 8.26. The molecule has 2 aromatic carbocycles. The molecule has 0 aliphatic heterocycles. The second-order valence-electron chi connectivity index (χ2n) is 5.19. The van der Waals surface area contributed by atoms with Gasteiger partial charge in [-0.1, -0.05) is 41.9 Å². The van der Waals surface area contributed by atoms with Crippen LogP contribution >= 0.6 is 11.6 Å². The van der Waals surface area contributed by atoms with Crippen molar-refractivity contribution < 1.29 is 27.1 Å². The number of hydrogen-bond acceptors (Lipinski definition) is 5. The molecule has 0 aliphatic carbocycles. The van der Waals surface area contributed by atoms with Crippen molar-refractivity contribution in [3.8, 4) is 0 Å². The van der Waals surface area contributed by atoms with Gasteiger partial charge in [0.2, 0.25) is 0 Å². The highest BCUT2D eigenvalue weighted by molar-refractivity contribution is 8.03. The van der Waals surface area contributed by atoms with E-state index in [0.29, 0.717) is 11.1 Å². The maximum Gasteiger partial charge on any atom is 0.441 e. The van der Waals surface area contributed by atoms with Gasteiger partial charge in [-0.05, 0) is 30.2 Å². The summed E-state index contributed by atoms with van der Waals surface area (Å²) in [5.41, 5.74) is 2.33. The molecule has 2 N–H and O–H groups in total. The van der Waals surface area contributed by atoms with Crippen molar-refractivity contribution in [1.29, 1.82) is 0 Å². The Kier molecular flexibility index (Phi) is 6.30. The quantitative estimate of drug-likeness (QED) is 0.593. The first-order chi connectivity index (χ1) is 12.2. The Balaban J connectivity index is 1.99. The fourth-order valence-corrected chi connectivity index (χ4v) is 2.70. The molecule has 2 rings (SSSR count). The molecule has 0 fully saturated rings. The van der Waals surface area contributed by atoms with E-state index in [1.165, 1.54) is 12.1 Å². The third kappa shape index (κ3) is 5.01. The summed E-state index contributed by atoms with van der Waals surface area (Å²) in [5, 5.41) is -1.88. The molecule has 0 heterocycles. The summed E-state index contributed by atoms with van der Waals surface area (Å²) in [7, 11) is -4.67. The van der Waals surface area contributed by atoms with Crippen LogP contribution in [0.15, 0.2) is 42.5 Å². The predicted octanol–water partition coefficient (Wildman–Crippen LogP) is 2.69. The third-order valence-corrected chi connectivity index (χ3v) is 4.34. The smallest absolute Gasteiger partial charge is 0.441 e. The molecule has 0 spiro atoms. The number of ether oxygens (including phenoxy) is 1.